The molecule has 0 fully saturated rings. The molecule has 0 saturated heterocycles. The van der Waals surface area contributed by atoms with Crippen molar-refractivity contribution in [2.75, 3.05) is 0 Å². The van der Waals surface area contributed by atoms with Crippen molar-refractivity contribution in [3.63, 3.8) is 0 Å². The Kier molecular flexibility index (Phi) is 5.60. The van der Waals surface area contributed by atoms with Crippen molar-refractivity contribution in [3.05, 3.63) is 69.5 Å². The van der Waals surface area contributed by atoms with Crippen LogP contribution in [0, 0.1) is 25.2 Å². The molecular weight excluding hydrogens is 338 g/mol. The van der Waals surface area contributed by atoms with Crippen LogP contribution in [0.1, 0.15) is 34.5 Å². The predicted octanol–water partition coefficient (Wildman–Crippen LogP) is 6.00. The van der Waals surface area contributed by atoms with Gasteiger partial charge in [-0.2, -0.15) is 5.26 Å². The summed E-state index contributed by atoms with van der Waals surface area (Å²) in [5, 5.41) is 12.3. The van der Waals surface area contributed by atoms with E-state index in [1.165, 1.54) is 22.5 Å². The largest absolute Gasteiger partial charge is 0.259 e. The SMILES string of the molecule is CCc1ccc(-c2csc(C(C#N)C=Nc3ccc(C)cc3C)n2)cc1. The molecule has 0 aliphatic carbocycles. The van der Waals surface area contributed by atoms with Crippen LogP contribution in [0.5, 0.6) is 0 Å². The molecule has 1 heterocycles. The normalized spacial score (nSPS) is 12.2. The van der Waals surface area contributed by atoms with Crippen LogP contribution in [0.15, 0.2) is 52.8 Å². The second kappa shape index (κ2) is 8.07. The van der Waals surface area contributed by atoms with Crippen molar-refractivity contribution >= 4 is 23.2 Å². The summed E-state index contributed by atoms with van der Waals surface area (Å²) in [4.78, 5) is 9.18. The summed E-state index contributed by atoms with van der Waals surface area (Å²) in [5.74, 6) is -0.440. The number of aromatic nitrogens is 1. The number of benzene rings is 2. The lowest BCUT2D eigenvalue weighted by Crippen LogP contribution is -1.96. The quantitative estimate of drug-likeness (QED) is 0.525. The number of rotatable bonds is 5. The average Bonchev–Trinajstić information content (AvgIpc) is 3.14. The van der Waals surface area contributed by atoms with E-state index in [9.17, 15) is 5.26 Å². The van der Waals surface area contributed by atoms with Gasteiger partial charge < -0.3 is 0 Å². The maximum Gasteiger partial charge on any atom is 0.133 e. The zero-order valence-electron chi connectivity index (χ0n) is 15.2. The fourth-order valence-corrected chi connectivity index (χ4v) is 3.56. The Labute approximate surface area is 158 Å². The van der Waals surface area contributed by atoms with E-state index in [-0.39, 0.29) is 0 Å². The zero-order chi connectivity index (χ0) is 18.5. The van der Waals surface area contributed by atoms with Crippen molar-refractivity contribution < 1.29 is 0 Å². The molecule has 0 radical (unpaired) electrons. The minimum atomic E-state index is -0.440. The Morgan fingerprint density at radius 3 is 2.62 bits per heavy atom. The Morgan fingerprint density at radius 2 is 1.96 bits per heavy atom. The monoisotopic (exact) mass is 359 g/mol. The molecule has 0 spiro atoms. The van der Waals surface area contributed by atoms with Crippen LogP contribution in [-0.4, -0.2) is 11.2 Å². The maximum absolute atomic E-state index is 9.54. The summed E-state index contributed by atoms with van der Waals surface area (Å²) >= 11 is 1.50. The summed E-state index contributed by atoms with van der Waals surface area (Å²) < 4.78 is 0. The molecule has 0 bridgehead atoms. The molecule has 0 saturated carbocycles. The fourth-order valence-electron chi connectivity index (χ4n) is 2.73. The highest BCUT2D eigenvalue weighted by molar-refractivity contribution is 7.10. The number of aryl methyl sites for hydroxylation is 3. The molecule has 0 N–H and O–H groups in total. The third-order valence-electron chi connectivity index (χ3n) is 4.30. The molecular formula is C22H21N3S. The van der Waals surface area contributed by atoms with E-state index >= 15 is 0 Å². The second-order valence-corrected chi connectivity index (χ2v) is 7.19. The summed E-state index contributed by atoms with van der Waals surface area (Å²) in [6, 6.07) is 16.8. The van der Waals surface area contributed by atoms with Gasteiger partial charge in [-0.3, -0.25) is 4.99 Å². The van der Waals surface area contributed by atoms with E-state index in [1.807, 2.05) is 24.4 Å². The second-order valence-electron chi connectivity index (χ2n) is 6.30. The van der Waals surface area contributed by atoms with Gasteiger partial charge in [-0.15, -0.1) is 11.3 Å². The van der Waals surface area contributed by atoms with E-state index in [2.05, 4.69) is 60.2 Å². The third kappa shape index (κ3) is 4.07. The lowest BCUT2D eigenvalue weighted by Gasteiger charge is -2.03. The van der Waals surface area contributed by atoms with Gasteiger partial charge in [0, 0.05) is 17.2 Å². The number of nitriles is 1. The Morgan fingerprint density at radius 1 is 1.19 bits per heavy atom. The van der Waals surface area contributed by atoms with Gasteiger partial charge in [0.15, 0.2) is 0 Å². The number of hydrogen-bond acceptors (Lipinski definition) is 4. The molecule has 3 nitrogen and oxygen atoms in total. The molecule has 130 valence electrons. The van der Waals surface area contributed by atoms with Crippen LogP contribution in [0.3, 0.4) is 0 Å². The molecule has 3 aromatic rings. The molecule has 4 heteroatoms. The summed E-state index contributed by atoms with van der Waals surface area (Å²) in [7, 11) is 0. The van der Waals surface area contributed by atoms with Gasteiger partial charge in [0.1, 0.15) is 10.9 Å². The molecule has 3 rings (SSSR count). The van der Waals surface area contributed by atoms with E-state index in [0.717, 1.165) is 33.9 Å². The van der Waals surface area contributed by atoms with Gasteiger partial charge in [-0.25, -0.2) is 4.98 Å². The van der Waals surface area contributed by atoms with Gasteiger partial charge >= 0.3 is 0 Å². The highest BCUT2D eigenvalue weighted by Gasteiger charge is 2.14. The molecule has 1 unspecified atom stereocenters. The summed E-state index contributed by atoms with van der Waals surface area (Å²) in [5.41, 5.74) is 6.49. The van der Waals surface area contributed by atoms with Gasteiger partial charge in [0.05, 0.1) is 17.5 Å². The van der Waals surface area contributed by atoms with Gasteiger partial charge in [0.25, 0.3) is 0 Å². The van der Waals surface area contributed by atoms with Crippen molar-refractivity contribution in [1.82, 2.24) is 4.98 Å². The first-order chi connectivity index (χ1) is 12.6. The van der Waals surface area contributed by atoms with Crippen molar-refractivity contribution in [1.29, 1.82) is 5.26 Å². The van der Waals surface area contributed by atoms with Crippen LogP contribution in [0.4, 0.5) is 5.69 Å². The summed E-state index contributed by atoms with van der Waals surface area (Å²) in [6.07, 6.45) is 2.72. The van der Waals surface area contributed by atoms with E-state index in [4.69, 9.17) is 0 Å². The van der Waals surface area contributed by atoms with Crippen LogP contribution in [0.2, 0.25) is 0 Å². The lowest BCUT2D eigenvalue weighted by atomic mass is 10.1. The molecule has 0 aliphatic rings. The van der Waals surface area contributed by atoms with E-state index in [1.54, 1.807) is 6.21 Å². The molecule has 1 atom stereocenters. The highest BCUT2D eigenvalue weighted by Crippen LogP contribution is 2.27. The average molecular weight is 359 g/mol. The minimum Gasteiger partial charge on any atom is -0.259 e. The van der Waals surface area contributed by atoms with E-state index in [0.29, 0.717) is 0 Å². The number of aliphatic imine (C=N–C) groups is 1. The van der Waals surface area contributed by atoms with Gasteiger partial charge in [-0.05, 0) is 37.5 Å². The number of nitrogens with zero attached hydrogens (tertiary/aromatic N) is 3. The van der Waals surface area contributed by atoms with Crippen LogP contribution in [-0.2, 0) is 6.42 Å². The van der Waals surface area contributed by atoms with Crippen molar-refractivity contribution in [2.24, 2.45) is 4.99 Å². The number of thiazole rings is 1. The van der Waals surface area contributed by atoms with Crippen LogP contribution in [0.25, 0.3) is 11.3 Å². The van der Waals surface area contributed by atoms with Crippen molar-refractivity contribution in [3.8, 4) is 17.3 Å². The van der Waals surface area contributed by atoms with Crippen LogP contribution < -0.4 is 0 Å². The fraction of sp³-hybridized carbons (Fsp3) is 0.227. The molecule has 26 heavy (non-hydrogen) atoms. The predicted molar refractivity (Wildman–Crippen MR) is 109 cm³/mol. The first-order valence-corrected chi connectivity index (χ1v) is 9.54. The van der Waals surface area contributed by atoms with Crippen LogP contribution >= 0.6 is 11.3 Å². The summed E-state index contributed by atoms with van der Waals surface area (Å²) in [6.45, 7) is 6.23. The highest BCUT2D eigenvalue weighted by atomic mass is 32.1. The number of hydrogen-bond donors (Lipinski definition) is 0. The van der Waals surface area contributed by atoms with Gasteiger partial charge in [0.2, 0.25) is 0 Å². The first kappa shape index (κ1) is 18.0. The standard InChI is InChI=1S/C22H21N3S/c1-4-17-6-8-18(9-7-17)21-14-26-22(25-21)19(12-23)13-24-20-10-5-15(2)11-16(20)3/h5-11,13-14,19H,4H2,1-3H3. The third-order valence-corrected chi connectivity index (χ3v) is 5.23. The van der Waals surface area contributed by atoms with Gasteiger partial charge in [-0.1, -0.05) is 48.9 Å². The smallest absolute Gasteiger partial charge is 0.133 e. The molecule has 1 aromatic heterocycles. The Balaban J connectivity index is 1.81. The maximum atomic E-state index is 9.54. The Bertz CT molecular complexity index is 962. The van der Waals surface area contributed by atoms with E-state index < -0.39 is 5.92 Å². The first-order valence-electron chi connectivity index (χ1n) is 8.66. The topological polar surface area (TPSA) is 49.0 Å². The minimum absolute atomic E-state index is 0.440. The Hall–Kier alpha value is -2.77. The molecule has 0 aliphatic heterocycles. The molecule has 2 aromatic carbocycles. The lowest BCUT2D eigenvalue weighted by molar-refractivity contribution is 1.12. The van der Waals surface area contributed by atoms with Crippen molar-refractivity contribution in [2.45, 2.75) is 33.1 Å². The zero-order valence-corrected chi connectivity index (χ0v) is 16.0. The molecule has 0 amide bonds.